The minimum atomic E-state index is -0.581. The first-order valence-corrected chi connectivity index (χ1v) is 10.0. The number of rotatable bonds is 6. The normalized spacial score (nSPS) is 13.6. The number of carbonyl (C=O) groups is 2. The van der Waals surface area contributed by atoms with Gasteiger partial charge in [0.25, 0.3) is 5.91 Å². The Balaban J connectivity index is 1.55. The van der Waals surface area contributed by atoms with Crippen LogP contribution in [0.5, 0.6) is 5.75 Å². The van der Waals surface area contributed by atoms with Gasteiger partial charge in [-0.2, -0.15) is 0 Å². The van der Waals surface area contributed by atoms with Crippen molar-refractivity contribution in [3.8, 4) is 5.75 Å². The van der Waals surface area contributed by atoms with Crippen molar-refractivity contribution in [3.63, 3.8) is 0 Å². The average molecular weight is 408 g/mol. The summed E-state index contributed by atoms with van der Waals surface area (Å²) in [7, 11) is 0. The third kappa shape index (κ3) is 4.15. The van der Waals surface area contributed by atoms with Crippen LogP contribution in [0.15, 0.2) is 40.9 Å². The molecule has 1 aliphatic rings. The lowest BCUT2D eigenvalue weighted by molar-refractivity contribution is -0.133. The topological polar surface area (TPSA) is 81.9 Å². The van der Waals surface area contributed by atoms with Crippen LogP contribution < -0.4 is 4.74 Å². The summed E-state index contributed by atoms with van der Waals surface area (Å²) in [5.74, 6) is 0.322. The summed E-state index contributed by atoms with van der Waals surface area (Å²) < 4.78 is 16.5. The van der Waals surface area contributed by atoms with Crippen LogP contribution >= 0.6 is 0 Å². The van der Waals surface area contributed by atoms with Crippen molar-refractivity contribution in [2.45, 2.75) is 33.3 Å². The maximum atomic E-state index is 12.8. The van der Waals surface area contributed by atoms with Crippen molar-refractivity contribution < 1.29 is 23.6 Å². The number of aromatic nitrogens is 1. The monoisotopic (exact) mass is 408 g/mol. The standard InChI is InChI=1S/C23H24N2O5/c1-15-20(16(2)30-24-15)13-28-21-12-18-8-4-3-7-17(18)11-19(21)23(27)29-14-22(26)25-9-5-6-10-25/h3-4,7-8,11-12H,5-6,9-10,13-14H2,1-2H3. The van der Waals surface area contributed by atoms with E-state index in [1.165, 1.54) is 0 Å². The Morgan fingerprint density at radius 2 is 1.80 bits per heavy atom. The molecule has 7 nitrogen and oxygen atoms in total. The molecule has 0 saturated carbocycles. The molecule has 0 spiro atoms. The maximum Gasteiger partial charge on any atom is 0.342 e. The van der Waals surface area contributed by atoms with Crippen LogP contribution in [0.3, 0.4) is 0 Å². The van der Waals surface area contributed by atoms with Crippen molar-refractivity contribution in [3.05, 3.63) is 59.0 Å². The van der Waals surface area contributed by atoms with Gasteiger partial charge in [-0.1, -0.05) is 29.4 Å². The van der Waals surface area contributed by atoms with Crippen molar-refractivity contribution in [1.82, 2.24) is 10.1 Å². The molecule has 1 aromatic heterocycles. The number of ether oxygens (including phenoxy) is 2. The van der Waals surface area contributed by atoms with E-state index in [1.807, 2.05) is 44.2 Å². The molecule has 3 aromatic rings. The fourth-order valence-electron chi connectivity index (χ4n) is 3.62. The molecule has 1 fully saturated rings. The highest BCUT2D eigenvalue weighted by Gasteiger charge is 2.22. The van der Waals surface area contributed by atoms with Gasteiger partial charge < -0.3 is 18.9 Å². The second-order valence-electron chi connectivity index (χ2n) is 7.45. The summed E-state index contributed by atoms with van der Waals surface area (Å²) in [5, 5.41) is 5.76. The lowest BCUT2D eigenvalue weighted by Gasteiger charge is -2.16. The number of amides is 1. The smallest absolute Gasteiger partial charge is 0.342 e. The van der Waals surface area contributed by atoms with Gasteiger partial charge in [-0.05, 0) is 49.6 Å². The predicted octanol–water partition coefficient (Wildman–Crippen LogP) is 3.80. The van der Waals surface area contributed by atoms with Gasteiger partial charge in [0.2, 0.25) is 0 Å². The maximum absolute atomic E-state index is 12.8. The molecule has 1 saturated heterocycles. The molecular formula is C23H24N2O5. The zero-order valence-corrected chi connectivity index (χ0v) is 17.1. The number of benzene rings is 2. The first-order valence-electron chi connectivity index (χ1n) is 10.0. The molecule has 0 aliphatic carbocycles. The fraction of sp³-hybridized carbons (Fsp3) is 0.348. The molecule has 1 amide bonds. The van der Waals surface area contributed by atoms with Gasteiger partial charge in [-0.15, -0.1) is 0 Å². The van der Waals surface area contributed by atoms with Gasteiger partial charge >= 0.3 is 5.97 Å². The van der Waals surface area contributed by atoms with E-state index < -0.39 is 5.97 Å². The lowest BCUT2D eigenvalue weighted by atomic mass is 10.1. The largest absolute Gasteiger partial charge is 0.488 e. The van der Waals surface area contributed by atoms with E-state index in [4.69, 9.17) is 14.0 Å². The highest BCUT2D eigenvalue weighted by molar-refractivity contribution is 5.99. The molecule has 0 bridgehead atoms. The molecule has 0 atom stereocenters. The van der Waals surface area contributed by atoms with E-state index >= 15 is 0 Å². The van der Waals surface area contributed by atoms with E-state index in [9.17, 15) is 9.59 Å². The number of nitrogens with zero attached hydrogens (tertiary/aromatic N) is 2. The van der Waals surface area contributed by atoms with E-state index in [1.54, 1.807) is 11.0 Å². The number of hydrogen-bond donors (Lipinski definition) is 0. The number of hydrogen-bond acceptors (Lipinski definition) is 6. The molecular weight excluding hydrogens is 384 g/mol. The Morgan fingerprint density at radius 1 is 1.10 bits per heavy atom. The Labute approximate surface area is 174 Å². The molecule has 1 aliphatic heterocycles. The second-order valence-corrected chi connectivity index (χ2v) is 7.45. The zero-order chi connectivity index (χ0) is 21.1. The molecule has 4 rings (SSSR count). The Hall–Kier alpha value is -3.35. The van der Waals surface area contributed by atoms with Gasteiger partial charge in [0.1, 0.15) is 23.7 Å². The molecule has 30 heavy (non-hydrogen) atoms. The van der Waals surface area contributed by atoms with Gasteiger partial charge in [-0.25, -0.2) is 4.79 Å². The number of likely N-dealkylation sites (tertiary alicyclic amines) is 1. The summed E-state index contributed by atoms with van der Waals surface area (Å²) in [4.78, 5) is 26.8. The molecule has 0 N–H and O–H groups in total. The lowest BCUT2D eigenvalue weighted by Crippen LogP contribution is -2.32. The van der Waals surface area contributed by atoms with Crippen LogP contribution in [0.4, 0.5) is 0 Å². The van der Waals surface area contributed by atoms with E-state index in [0.29, 0.717) is 11.5 Å². The first-order chi connectivity index (χ1) is 14.5. The third-order valence-corrected chi connectivity index (χ3v) is 5.41. The van der Waals surface area contributed by atoms with Crippen LogP contribution in [0, 0.1) is 13.8 Å². The fourth-order valence-corrected chi connectivity index (χ4v) is 3.62. The molecule has 2 heterocycles. The van der Waals surface area contributed by atoms with Crippen LogP contribution in [-0.4, -0.2) is 41.6 Å². The van der Waals surface area contributed by atoms with Gasteiger partial charge in [0.05, 0.1) is 11.3 Å². The van der Waals surface area contributed by atoms with Crippen LogP contribution in [0.25, 0.3) is 10.8 Å². The first kappa shape index (κ1) is 19.9. The van der Waals surface area contributed by atoms with Crippen LogP contribution in [0.1, 0.15) is 40.2 Å². The van der Waals surface area contributed by atoms with Gasteiger partial charge in [-0.3, -0.25) is 4.79 Å². The highest BCUT2D eigenvalue weighted by atomic mass is 16.5. The molecule has 0 unspecified atom stereocenters. The number of carbonyl (C=O) groups excluding carboxylic acids is 2. The second kappa shape index (κ2) is 8.57. The average Bonchev–Trinajstić information content (AvgIpc) is 3.40. The summed E-state index contributed by atoms with van der Waals surface area (Å²) in [6.45, 7) is 5.05. The molecule has 0 radical (unpaired) electrons. The number of fused-ring (bicyclic) bond motifs is 1. The van der Waals surface area contributed by atoms with Crippen LogP contribution in [-0.2, 0) is 16.1 Å². The molecule has 7 heteroatoms. The van der Waals surface area contributed by atoms with E-state index in [0.717, 1.165) is 48.0 Å². The Kier molecular flexibility index (Phi) is 5.70. The van der Waals surface area contributed by atoms with Crippen molar-refractivity contribution >= 4 is 22.6 Å². The molecule has 2 aromatic carbocycles. The quantitative estimate of drug-likeness (QED) is 0.577. The zero-order valence-electron chi connectivity index (χ0n) is 17.1. The van der Waals surface area contributed by atoms with E-state index in [-0.39, 0.29) is 24.7 Å². The Morgan fingerprint density at radius 3 is 2.47 bits per heavy atom. The molecule has 156 valence electrons. The highest BCUT2D eigenvalue weighted by Crippen LogP contribution is 2.28. The van der Waals surface area contributed by atoms with Gasteiger partial charge in [0, 0.05) is 13.1 Å². The van der Waals surface area contributed by atoms with Gasteiger partial charge in [0.15, 0.2) is 6.61 Å². The summed E-state index contributed by atoms with van der Waals surface area (Å²) in [6, 6.07) is 11.2. The van der Waals surface area contributed by atoms with E-state index in [2.05, 4.69) is 5.16 Å². The van der Waals surface area contributed by atoms with Crippen molar-refractivity contribution in [1.29, 1.82) is 0 Å². The number of esters is 1. The predicted molar refractivity (Wildman–Crippen MR) is 110 cm³/mol. The minimum absolute atomic E-state index is 0.167. The Bertz CT molecular complexity index is 1060. The summed E-state index contributed by atoms with van der Waals surface area (Å²) in [6.07, 6.45) is 1.98. The minimum Gasteiger partial charge on any atom is -0.488 e. The number of aryl methyl sites for hydroxylation is 2. The summed E-state index contributed by atoms with van der Waals surface area (Å²) in [5.41, 5.74) is 1.87. The van der Waals surface area contributed by atoms with Crippen molar-refractivity contribution in [2.24, 2.45) is 0 Å². The van der Waals surface area contributed by atoms with Crippen LogP contribution in [0.2, 0.25) is 0 Å². The summed E-state index contributed by atoms with van der Waals surface area (Å²) >= 11 is 0. The third-order valence-electron chi connectivity index (χ3n) is 5.41. The SMILES string of the molecule is Cc1noc(C)c1COc1cc2ccccc2cc1C(=O)OCC(=O)N1CCCC1. The van der Waals surface area contributed by atoms with Crippen molar-refractivity contribution in [2.75, 3.05) is 19.7 Å².